The van der Waals surface area contributed by atoms with Crippen molar-refractivity contribution in [2.45, 2.75) is 6.42 Å². The Kier molecular flexibility index (Phi) is 3.45. The van der Waals surface area contributed by atoms with E-state index in [0.29, 0.717) is 24.3 Å². The quantitative estimate of drug-likeness (QED) is 0.756. The molecule has 1 fully saturated rings. The molecule has 2 heterocycles. The molecule has 1 aromatic heterocycles. The van der Waals surface area contributed by atoms with Crippen LogP contribution in [0.5, 0.6) is 0 Å². The number of anilines is 1. The Balaban J connectivity index is 2.19. The number of likely N-dealkylation sites (N-methyl/N-ethyl adjacent to an activating group) is 1. The van der Waals surface area contributed by atoms with Crippen molar-refractivity contribution in [2.75, 3.05) is 32.4 Å². The van der Waals surface area contributed by atoms with Crippen molar-refractivity contribution < 1.29 is 9.59 Å². The second-order valence-electron chi connectivity index (χ2n) is 4.36. The molecule has 0 aromatic carbocycles. The van der Waals surface area contributed by atoms with E-state index in [1.807, 2.05) is 0 Å². The summed E-state index contributed by atoms with van der Waals surface area (Å²) in [6.07, 6.45) is 3.75. The number of hydrogen-bond donors (Lipinski definition) is 1. The second-order valence-corrected chi connectivity index (χ2v) is 4.36. The number of nitrogens with two attached hydrogens (primary N) is 1. The molecule has 0 atom stereocenters. The maximum atomic E-state index is 12.3. The summed E-state index contributed by atoms with van der Waals surface area (Å²) in [5, 5.41) is 0. The summed E-state index contributed by atoms with van der Waals surface area (Å²) in [5.41, 5.74) is 6.49. The van der Waals surface area contributed by atoms with Crippen molar-refractivity contribution in [3.63, 3.8) is 0 Å². The van der Waals surface area contributed by atoms with Gasteiger partial charge in [-0.1, -0.05) is 0 Å². The number of pyridine rings is 1. The molecule has 0 saturated carbocycles. The third-order valence-electron chi connectivity index (χ3n) is 3.05. The first-order chi connectivity index (χ1) is 8.59. The number of nitrogen functional groups attached to an aromatic ring is 1. The normalized spacial score (nSPS) is 16.6. The van der Waals surface area contributed by atoms with Crippen LogP contribution >= 0.6 is 0 Å². The van der Waals surface area contributed by atoms with E-state index >= 15 is 0 Å². The number of hydrogen-bond acceptors (Lipinski definition) is 4. The maximum absolute atomic E-state index is 12.3. The summed E-state index contributed by atoms with van der Waals surface area (Å²) in [4.78, 5) is 31.1. The van der Waals surface area contributed by atoms with Crippen LogP contribution in [-0.2, 0) is 4.79 Å². The van der Waals surface area contributed by atoms with Gasteiger partial charge in [0.15, 0.2) is 0 Å². The largest absolute Gasteiger partial charge is 0.398 e. The minimum atomic E-state index is -0.232. The lowest BCUT2D eigenvalue weighted by Gasteiger charge is -2.20. The second kappa shape index (κ2) is 5.03. The van der Waals surface area contributed by atoms with Gasteiger partial charge >= 0.3 is 0 Å². The molecular weight excluding hydrogens is 232 g/mol. The Bertz CT molecular complexity index is 475. The highest BCUT2D eigenvalue weighted by molar-refractivity contribution is 6.00. The van der Waals surface area contributed by atoms with E-state index in [9.17, 15) is 9.59 Å². The molecule has 1 saturated heterocycles. The third kappa shape index (κ3) is 2.42. The van der Waals surface area contributed by atoms with Gasteiger partial charge in [0.25, 0.3) is 5.91 Å². The fourth-order valence-electron chi connectivity index (χ4n) is 1.91. The Morgan fingerprint density at radius 3 is 2.94 bits per heavy atom. The summed E-state index contributed by atoms with van der Waals surface area (Å²) in [6.45, 7) is 1.33. The van der Waals surface area contributed by atoms with Crippen LogP contribution in [0.4, 0.5) is 5.69 Å². The summed E-state index contributed by atoms with van der Waals surface area (Å²) < 4.78 is 0. The number of aromatic nitrogens is 1. The number of carbonyl (C=O) groups is 2. The zero-order valence-corrected chi connectivity index (χ0v) is 10.3. The molecule has 18 heavy (non-hydrogen) atoms. The first-order valence-electron chi connectivity index (χ1n) is 5.82. The number of amides is 2. The highest BCUT2D eigenvalue weighted by atomic mass is 16.2. The van der Waals surface area contributed by atoms with Crippen molar-refractivity contribution in [3.8, 4) is 0 Å². The molecule has 2 N–H and O–H groups in total. The fourth-order valence-corrected chi connectivity index (χ4v) is 1.91. The van der Waals surface area contributed by atoms with Gasteiger partial charge in [0.1, 0.15) is 6.54 Å². The fraction of sp³-hybridized carbons (Fsp3) is 0.417. The van der Waals surface area contributed by atoms with Crippen LogP contribution in [0.2, 0.25) is 0 Å². The molecule has 1 aliphatic heterocycles. The van der Waals surface area contributed by atoms with E-state index in [1.54, 1.807) is 18.0 Å². The molecule has 1 aliphatic rings. The number of rotatable bonds is 1. The predicted octanol–water partition coefficient (Wildman–Crippen LogP) is -0.0319. The lowest BCUT2D eigenvalue weighted by molar-refractivity contribution is -0.129. The Labute approximate surface area is 105 Å². The highest BCUT2D eigenvalue weighted by Crippen LogP contribution is 2.14. The van der Waals surface area contributed by atoms with Crippen LogP contribution in [0.25, 0.3) is 0 Å². The van der Waals surface area contributed by atoms with Gasteiger partial charge < -0.3 is 15.5 Å². The van der Waals surface area contributed by atoms with Crippen molar-refractivity contribution in [3.05, 3.63) is 24.0 Å². The van der Waals surface area contributed by atoms with Crippen LogP contribution in [0.15, 0.2) is 18.5 Å². The standard InChI is InChI=1S/C12H16N4O2/c1-15-5-2-6-16(8-11(15)17)12(18)9-7-14-4-3-10(9)13/h3-4,7H,2,5-6,8H2,1H3,(H2,13,14). The van der Waals surface area contributed by atoms with E-state index in [0.717, 1.165) is 6.42 Å². The lowest BCUT2D eigenvalue weighted by atomic mass is 10.2. The van der Waals surface area contributed by atoms with Crippen LogP contribution < -0.4 is 5.73 Å². The first kappa shape index (κ1) is 12.3. The summed E-state index contributed by atoms with van der Waals surface area (Å²) in [5.74, 6) is -0.285. The maximum Gasteiger partial charge on any atom is 0.257 e. The van der Waals surface area contributed by atoms with Gasteiger partial charge in [0.2, 0.25) is 5.91 Å². The van der Waals surface area contributed by atoms with Crippen molar-refractivity contribution >= 4 is 17.5 Å². The van der Waals surface area contributed by atoms with Crippen LogP contribution in [0, 0.1) is 0 Å². The molecule has 0 unspecified atom stereocenters. The molecule has 2 amide bonds. The van der Waals surface area contributed by atoms with Gasteiger partial charge in [0, 0.05) is 38.2 Å². The van der Waals surface area contributed by atoms with E-state index in [4.69, 9.17) is 5.73 Å². The van der Waals surface area contributed by atoms with E-state index in [1.165, 1.54) is 17.3 Å². The van der Waals surface area contributed by atoms with Crippen molar-refractivity contribution in [2.24, 2.45) is 0 Å². The van der Waals surface area contributed by atoms with Crippen LogP contribution in [0.3, 0.4) is 0 Å². The molecule has 0 spiro atoms. The summed E-state index contributed by atoms with van der Waals surface area (Å²) in [7, 11) is 1.74. The predicted molar refractivity (Wildman–Crippen MR) is 66.8 cm³/mol. The average Bonchev–Trinajstić information content (AvgIpc) is 2.52. The summed E-state index contributed by atoms with van der Waals surface area (Å²) in [6, 6.07) is 1.58. The van der Waals surface area contributed by atoms with Crippen molar-refractivity contribution in [1.82, 2.24) is 14.8 Å². The highest BCUT2D eigenvalue weighted by Gasteiger charge is 2.24. The molecule has 1 aromatic rings. The van der Waals surface area contributed by atoms with E-state index in [-0.39, 0.29) is 18.4 Å². The van der Waals surface area contributed by atoms with Gasteiger partial charge in [-0.2, -0.15) is 0 Å². The van der Waals surface area contributed by atoms with Gasteiger partial charge in [0.05, 0.1) is 5.56 Å². The van der Waals surface area contributed by atoms with Crippen LogP contribution in [0.1, 0.15) is 16.8 Å². The van der Waals surface area contributed by atoms with Gasteiger partial charge in [-0.3, -0.25) is 14.6 Å². The molecule has 6 heteroatoms. The van der Waals surface area contributed by atoms with Crippen molar-refractivity contribution in [1.29, 1.82) is 0 Å². The Morgan fingerprint density at radius 2 is 2.22 bits per heavy atom. The zero-order valence-electron chi connectivity index (χ0n) is 10.3. The topological polar surface area (TPSA) is 79.5 Å². The Morgan fingerprint density at radius 1 is 1.44 bits per heavy atom. The molecule has 6 nitrogen and oxygen atoms in total. The SMILES string of the molecule is CN1CCCN(C(=O)c2cnccc2N)CC1=O. The minimum absolute atomic E-state index is 0.0525. The number of carbonyl (C=O) groups excluding carboxylic acids is 2. The molecule has 0 aliphatic carbocycles. The van der Waals surface area contributed by atoms with Gasteiger partial charge in [-0.15, -0.1) is 0 Å². The van der Waals surface area contributed by atoms with E-state index in [2.05, 4.69) is 4.98 Å². The number of nitrogens with zero attached hydrogens (tertiary/aromatic N) is 3. The molecule has 2 rings (SSSR count). The zero-order chi connectivity index (χ0) is 13.1. The first-order valence-corrected chi connectivity index (χ1v) is 5.82. The van der Waals surface area contributed by atoms with E-state index < -0.39 is 0 Å². The Hall–Kier alpha value is -2.11. The minimum Gasteiger partial charge on any atom is -0.398 e. The summed E-state index contributed by atoms with van der Waals surface area (Å²) >= 11 is 0. The van der Waals surface area contributed by atoms with Gasteiger partial charge in [-0.25, -0.2) is 0 Å². The van der Waals surface area contributed by atoms with Gasteiger partial charge in [-0.05, 0) is 12.5 Å². The molecule has 0 radical (unpaired) electrons. The average molecular weight is 248 g/mol. The van der Waals surface area contributed by atoms with Crippen LogP contribution in [-0.4, -0.2) is 53.3 Å². The molecular formula is C12H16N4O2. The molecule has 96 valence electrons. The third-order valence-corrected chi connectivity index (χ3v) is 3.05. The molecule has 0 bridgehead atoms. The lowest BCUT2D eigenvalue weighted by Crippen LogP contribution is -2.38. The smallest absolute Gasteiger partial charge is 0.257 e. The monoisotopic (exact) mass is 248 g/mol.